The Kier molecular flexibility index (Phi) is 4.31. The van der Waals surface area contributed by atoms with Crippen LogP contribution in [0.25, 0.3) is 0 Å². The molecule has 4 heteroatoms. The van der Waals surface area contributed by atoms with Crippen molar-refractivity contribution in [3.8, 4) is 0 Å². The monoisotopic (exact) mass is 250 g/mol. The zero-order chi connectivity index (χ0) is 13.0. The minimum absolute atomic E-state index is 0.0916. The zero-order valence-electron chi connectivity index (χ0n) is 10.7. The second kappa shape index (κ2) is 5.96. The highest BCUT2D eigenvalue weighted by atomic mass is 19.1. The van der Waals surface area contributed by atoms with Crippen molar-refractivity contribution in [3.05, 3.63) is 35.6 Å². The second-order valence-corrected chi connectivity index (χ2v) is 4.71. The van der Waals surface area contributed by atoms with Crippen LogP contribution in [0.3, 0.4) is 0 Å². The van der Waals surface area contributed by atoms with Crippen LogP contribution in [0.5, 0.6) is 0 Å². The first-order chi connectivity index (χ1) is 8.70. The highest BCUT2D eigenvalue weighted by Crippen LogP contribution is 2.11. The quantitative estimate of drug-likeness (QED) is 0.860. The van der Waals surface area contributed by atoms with E-state index in [0.717, 1.165) is 31.6 Å². The van der Waals surface area contributed by atoms with Crippen LogP contribution >= 0.6 is 0 Å². The van der Waals surface area contributed by atoms with Crippen molar-refractivity contribution in [3.63, 3.8) is 0 Å². The summed E-state index contributed by atoms with van der Waals surface area (Å²) in [6.45, 7) is 4.58. The lowest BCUT2D eigenvalue weighted by Gasteiger charge is -2.38. The summed E-state index contributed by atoms with van der Waals surface area (Å²) in [6.07, 6.45) is 1.24. The molecule has 1 amide bonds. The van der Waals surface area contributed by atoms with Gasteiger partial charge in [-0.25, -0.2) is 4.39 Å². The predicted molar refractivity (Wildman–Crippen MR) is 68.8 cm³/mol. The fourth-order valence-corrected chi connectivity index (χ4v) is 2.17. The summed E-state index contributed by atoms with van der Waals surface area (Å²) >= 11 is 0. The topological polar surface area (TPSA) is 32.3 Å². The Morgan fingerprint density at radius 1 is 1.50 bits per heavy atom. The molecule has 0 aromatic heterocycles. The lowest BCUT2D eigenvalue weighted by Crippen LogP contribution is -2.59. The summed E-state index contributed by atoms with van der Waals surface area (Å²) in [6, 6.07) is 6.58. The van der Waals surface area contributed by atoms with Crippen LogP contribution in [0.15, 0.2) is 24.3 Å². The van der Waals surface area contributed by atoms with Crippen LogP contribution in [0.1, 0.15) is 18.9 Å². The Hall–Kier alpha value is -1.42. The Morgan fingerprint density at radius 3 is 2.83 bits per heavy atom. The van der Waals surface area contributed by atoms with E-state index in [9.17, 15) is 9.18 Å². The molecular formula is C14H19FN2O. The smallest absolute Gasteiger partial charge is 0.227 e. The lowest BCUT2D eigenvalue weighted by molar-refractivity contribution is -0.133. The highest BCUT2D eigenvalue weighted by molar-refractivity contribution is 5.79. The minimum atomic E-state index is -0.285. The van der Waals surface area contributed by atoms with Crippen LogP contribution in [-0.4, -0.2) is 36.5 Å². The molecule has 0 radical (unpaired) electrons. The van der Waals surface area contributed by atoms with E-state index >= 15 is 0 Å². The van der Waals surface area contributed by atoms with Gasteiger partial charge in [-0.05, 0) is 24.1 Å². The number of hydrogen-bond acceptors (Lipinski definition) is 2. The maximum atomic E-state index is 13.1. The molecule has 1 fully saturated rings. The largest absolute Gasteiger partial charge is 0.337 e. The van der Waals surface area contributed by atoms with E-state index < -0.39 is 0 Å². The van der Waals surface area contributed by atoms with Gasteiger partial charge in [0.25, 0.3) is 0 Å². The molecule has 1 aromatic carbocycles. The van der Waals surface area contributed by atoms with Crippen molar-refractivity contribution in [2.45, 2.75) is 25.8 Å². The van der Waals surface area contributed by atoms with Crippen molar-refractivity contribution in [2.75, 3.05) is 19.6 Å². The first kappa shape index (κ1) is 13.0. The molecule has 0 unspecified atom stereocenters. The van der Waals surface area contributed by atoms with Gasteiger partial charge in [-0.3, -0.25) is 4.79 Å². The van der Waals surface area contributed by atoms with Crippen LogP contribution in [0.4, 0.5) is 4.39 Å². The van der Waals surface area contributed by atoms with Crippen molar-refractivity contribution in [1.82, 2.24) is 10.2 Å². The maximum Gasteiger partial charge on any atom is 0.227 e. The van der Waals surface area contributed by atoms with Gasteiger partial charge in [-0.2, -0.15) is 0 Å². The molecule has 1 saturated heterocycles. The Morgan fingerprint density at radius 2 is 2.28 bits per heavy atom. The third-order valence-electron chi connectivity index (χ3n) is 3.23. The normalized spacial score (nSPS) is 15.2. The zero-order valence-corrected chi connectivity index (χ0v) is 10.7. The van der Waals surface area contributed by atoms with Gasteiger partial charge in [0, 0.05) is 19.6 Å². The summed E-state index contributed by atoms with van der Waals surface area (Å²) in [5.41, 5.74) is 0.744. The van der Waals surface area contributed by atoms with E-state index in [-0.39, 0.29) is 18.1 Å². The third-order valence-corrected chi connectivity index (χ3v) is 3.23. The van der Waals surface area contributed by atoms with Gasteiger partial charge >= 0.3 is 0 Å². The lowest BCUT2D eigenvalue weighted by atomic mass is 10.1. The summed E-state index contributed by atoms with van der Waals surface area (Å²) in [5.74, 6) is -0.193. The highest BCUT2D eigenvalue weighted by Gasteiger charge is 2.27. The number of nitrogens with zero attached hydrogens (tertiary/aromatic N) is 1. The second-order valence-electron chi connectivity index (χ2n) is 4.71. The number of rotatable bonds is 5. The number of amides is 1. The Bertz CT molecular complexity index is 418. The first-order valence-corrected chi connectivity index (χ1v) is 6.45. The minimum Gasteiger partial charge on any atom is -0.337 e. The van der Waals surface area contributed by atoms with Crippen LogP contribution in [0, 0.1) is 5.82 Å². The van der Waals surface area contributed by atoms with Gasteiger partial charge in [0.2, 0.25) is 5.91 Å². The Balaban J connectivity index is 2.00. The van der Waals surface area contributed by atoms with E-state index in [1.807, 2.05) is 4.90 Å². The molecule has 98 valence electrons. The predicted octanol–water partition coefficient (Wildman–Crippen LogP) is 1.58. The first-order valence-electron chi connectivity index (χ1n) is 6.45. The number of carbonyl (C=O) groups is 1. The number of carbonyl (C=O) groups excluding carboxylic acids is 1. The summed E-state index contributed by atoms with van der Waals surface area (Å²) in [5, 5.41) is 3.17. The van der Waals surface area contributed by atoms with Gasteiger partial charge < -0.3 is 10.2 Å². The molecule has 1 aliphatic heterocycles. The van der Waals surface area contributed by atoms with Crippen molar-refractivity contribution in [2.24, 2.45) is 0 Å². The van der Waals surface area contributed by atoms with Crippen molar-refractivity contribution in [1.29, 1.82) is 0 Å². The molecule has 0 atom stereocenters. The number of halogens is 1. The Labute approximate surface area is 107 Å². The van der Waals surface area contributed by atoms with Crippen molar-refractivity contribution >= 4 is 5.91 Å². The molecule has 18 heavy (non-hydrogen) atoms. The van der Waals surface area contributed by atoms with E-state index in [4.69, 9.17) is 0 Å². The van der Waals surface area contributed by atoms with Gasteiger partial charge in [-0.15, -0.1) is 0 Å². The summed E-state index contributed by atoms with van der Waals surface area (Å²) < 4.78 is 13.1. The maximum absolute atomic E-state index is 13.1. The van der Waals surface area contributed by atoms with E-state index in [2.05, 4.69) is 12.2 Å². The average molecular weight is 250 g/mol. The fraction of sp³-hybridized carbons (Fsp3) is 0.500. The molecular weight excluding hydrogens is 231 g/mol. The standard InChI is InChI=1S/C14H19FN2O/c1-2-6-17(13-9-16-10-13)14(18)8-11-4-3-5-12(15)7-11/h3-5,7,13,16H,2,6,8-10H2,1H3. The molecule has 0 aliphatic carbocycles. The molecule has 3 nitrogen and oxygen atoms in total. The van der Waals surface area contributed by atoms with Crippen molar-refractivity contribution < 1.29 is 9.18 Å². The molecule has 2 rings (SSSR count). The van der Waals surface area contributed by atoms with E-state index in [1.54, 1.807) is 12.1 Å². The van der Waals surface area contributed by atoms with Gasteiger partial charge in [0.05, 0.1) is 12.5 Å². The van der Waals surface area contributed by atoms with E-state index in [0.29, 0.717) is 6.04 Å². The van der Waals surface area contributed by atoms with E-state index in [1.165, 1.54) is 12.1 Å². The van der Waals surface area contributed by atoms with Crippen LogP contribution in [-0.2, 0) is 11.2 Å². The van der Waals surface area contributed by atoms with Crippen LogP contribution < -0.4 is 5.32 Å². The average Bonchev–Trinajstić information content (AvgIpc) is 2.26. The van der Waals surface area contributed by atoms with Crippen LogP contribution in [0.2, 0.25) is 0 Å². The van der Waals surface area contributed by atoms with Gasteiger partial charge in [0.1, 0.15) is 5.82 Å². The SMILES string of the molecule is CCCN(C(=O)Cc1cccc(F)c1)C1CNC1. The summed E-state index contributed by atoms with van der Waals surface area (Å²) in [4.78, 5) is 14.1. The molecule has 1 aromatic rings. The number of nitrogens with one attached hydrogen (secondary N) is 1. The number of benzene rings is 1. The molecule has 0 saturated carbocycles. The van der Waals surface area contributed by atoms with Gasteiger partial charge in [0.15, 0.2) is 0 Å². The molecule has 0 bridgehead atoms. The molecule has 0 spiro atoms. The molecule has 1 N–H and O–H groups in total. The number of hydrogen-bond donors (Lipinski definition) is 1. The summed E-state index contributed by atoms with van der Waals surface area (Å²) in [7, 11) is 0. The van der Waals surface area contributed by atoms with Gasteiger partial charge in [-0.1, -0.05) is 19.1 Å². The molecule has 1 heterocycles. The molecule has 1 aliphatic rings. The third kappa shape index (κ3) is 3.07. The fourth-order valence-electron chi connectivity index (χ4n) is 2.17.